The number of thiazole rings is 1. The van der Waals surface area contributed by atoms with E-state index in [1.165, 1.54) is 34.6 Å². The molecule has 1 heterocycles. The Morgan fingerprint density at radius 3 is 2.58 bits per heavy atom. The highest BCUT2D eigenvalue weighted by Crippen LogP contribution is 2.22. The molecule has 0 spiro atoms. The van der Waals surface area contributed by atoms with Gasteiger partial charge in [-0.2, -0.15) is 4.99 Å². The minimum absolute atomic E-state index is 0.150. The van der Waals surface area contributed by atoms with Gasteiger partial charge in [-0.05, 0) is 54.8 Å². The number of hydrogen-bond acceptors (Lipinski definition) is 3. The van der Waals surface area contributed by atoms with Gasteiger partial charge < -0.3 is 9.30 Å². The Morgan fingerprint density at radius 1 is 1.19 bits per heavy atom. The summed E-state index contributed by atoms with van der Waals surface area (Å²) < 4.78 is 21.3. The molecule has 2 aromatic carbocycles. The first-order chi connectivity index (χ1) is 12.5. The lowest BCUT2D eigenvalue weighted by molar-refractivity contribution is -0.117. The summed E-state index contributed by atoms with van der Waals surface area (Å²) in [6, 6.07) is 10.2. The molecule has 3 rings (SSSR count). The second kappa shape index (κ2) is 7.93. The van der Waals surface area contributed by atoms with Crippen molar-refractivity contribution < 1.29 is 13.9 Å². The minimum atomic E-state index is -0.314. The molecule has 0 aliphatic carbocycles. The van der Waals surface area contributed by atoms with Crippen LogP contribution in [0.5, 0.6) is 0 Å². The predicted molar refractivity (Wildman–Crippen MR) is 102 cm³/mol. The Hall–Kier alpha value is -2.31. The van der Waals surface area contributed by atoms with Crippen LogP contribution in [0.15, 0.2) is 41.4 Å². The van der Waals surface area contributed by atoms with Crippen LogP contribution in [0.4, 0.5) is 4.39 Å². The van der Waals surface area contributed by atoms with E-state index in [1.54, 1.807) is 19.2 Å². The summed E-state index contributed by atoms with van der Waals surface area (Å²) in [7, 11) is 1.65. The molecule has 0 N–H and O–H groups in total. The predicted octanol–water partition coefficient (Wildman–Crippen LogP) is 3.78. The Balaban J connectivity index is 1.99. The zero-order chi connectivity index (χ0) is 18.7. The van der Waals surface area contributed by atoms with Crippen LogP contribution in [0.25, 0.3) is 10.2 Å². The zero-order valence-corrected chi connectivity index (χ0v) is 15.9. The number of rotatable bonds is 5. The lowest BCUT2D eigenvalue weighted by Gasteiger charge is -2.06. The van der Waals surface area contributed by atoms with Gasteiger partial charge in [-0.3, -0.25) is 4.79 Å². The Bertz CT molecular complexity index is 1000. The number of aromatic nitrogens is 1. The minimum Gasteiger partial charge on any atom is -0.383 e. The molecule has 0 radical (unpaired) electrons. The van der Waals surface area contributed by atoms with Crippen LogP contribution in [0.1, 0.15) is 16.7 Å². The first kappa shape index (κ1) is 18.5. The molecule has 0 bridgehead atoms. The molecule has 1 aromatic heterocycles. The van der Waals surface area contributed by atoms with Crippen molar-refractivity contribution in [1.29, 1.82) is 0 Å². The summed E-state index contributed by atoms with van der Waals surface area (Å²) in [5.74, 6) is -0.562. The van der Waals surface area contributed by atoms with Gasteiger partial charge in [-0.1, -0.05) is 23.5 Å². The molecule has 4 nitrogen and oxygen atoms in total. The average Bonchev–Trinajstić information content (AvgIpc) is 2.91. The molecule has 0 unspecified atom stereocenters. The maximum atomic E-state index is 13.0. The number of amides is 1. The fraction of sp³-hybridized carbons (Fsp3) is 0.300. The summed E-state index contributed by atoms with van der Waals surface area (Å²) in [6.07, 6.45) is 0.150. The molecule has 3 aromatic rings. The van der Waals surface area contributed by atoms with E-state index in [0.717, 1.165) is 15.8 Å². The van der Waals surface area contributed by atoms with E-state index in [-0.39, 0.29) is 18.1 Å². The van der Waals surface area contributed by atoms with Gasteiger partial charge in [0.1, 0.15) is 5.82 Å². The van der Waals surface area contributed by atoms with Crippen molar-refractivity contribution in [2.75, 3.05) is 13.7 Å². The second-order valence-corrected chi connectivity index (χ2v) is 7.25. The van der Waals surface area contributed by atoms with Gasteiger partial charge in [-0.25, -0.2) is 4.39 Å². The maximum absolute atomic E-state index is 13.0. The highest BCUT2D eigenvalue weighted by molar-refractivity contribution is 7.16. The average molecular weight is 372 g/mol. The number of benzene rings is 2. The molecule has 0 atom stereocenters. The van der Waals surface area contributed by atoms with E-state index in [0.29, 0.717) is 18.0 Å². The monoisotopic (exact) mass is 372 g/mol. The number of hydrogen-bond donors (Lipinski definition) is 0. The summed E-state index contributed by atoms with van der Waals surface area (Å²) in [5.41, 5.74) is 4.22. The molecular formula is C20H21FN2O2S. The van der Waals surface area contributed by atoms with Crippen molar-refractivity contribution in [3.05, 3.63) is 63.7 Å². The third-order valence-electron chi connectivity index (χ3n) is 4.31. The number of ether oxygens (including phenoxy) is 1. The van der Waals surface area contributed by atoms with Crippen LogP contribution in [-0.2, 0) is 22.5 Å². The standard InChI is InChI=1S/C20H21FN2O2S/c1-13-10-17-18(11-14(13)2)26-20(23(17)8-9-25-3)22-19(24)12-15-4-6-16(21)7-5-15/h4-7,10-11H,8-9,12H2,1-3H3. The van der Waals surface area contributed by atoms with E-state index in [9.17, 15) is 9.18 Å². The number of methoxy groups -OCH3 is 1. The summed E-state index contributed by atoms with van der Waals surface area (Å²) >= 11 is 1.50. The molecule has 0 aliphatic heterocycles. The molecular weight excluding hydrogens is 351 g/mol. The maximum Gasteiger partial charge on any atom is 0.252 e. The van der Waals surface area contributed by atoms with Crippen LogP contribution in [0, 0.1) is 19.7 Å². The summed E-state index contributed by atoms with van der Waals surface area (Å²) in [4.78, 5) is 17.4. The normalized spacial score (nSPS) is 12.1. The molecule has 0 saturated heterocycles. The van der Waals surface area contributed by atoms with Crippen molar-refractivity contribution in [2.45, 2.75) is 26.8 Å². The van der Waals surface area contributed by atoms with Gasteiger partial charge >= 0.3 is 0 Å². The van der Waals surface area contributed by atoms with Crippen LogP contribution in [0.3, 0.4) is 0 Å². The largest absolute Gasteiger partial charge is 0.383 e. The smallest absolute Gasteiger partial charge is 0.252 e. The highest BCUT2D eigenvalue weighted by atomic mass is 32.1. The van der Waals surface area contributed by atoms with E-state index in [1.807, 2.05) is 4.57 Å². The fourth-order valence-corrected chi connectivity index (χ4v) is 3.88. The van der Waals surface area contributed by atoms with Crippen LogP contribution >= 0.6 is 11.3 Å². The number of carbonyl (C=O) groups is 1. The Morgan fingerprint density at radius 2 is 1.88 bits per heavy atom. The van der Waals surface area contributed by atoms with Gasteiger partial charge in [0.05, 0.1) is 23.2 Å². The molecule has 0 saturated carbocycles. The molecule has 0 aliphatic rings. The molecule has 0 fully saturated rings. The number of aryl methyl sites for hydroxylation is 2. The fourth-order valence-electron chi connectivity index (χ4n) is 2.73. The Labute approximate surface area is 155 Å². The Kier molecular flexibility index (Phi) is 5.64. The van der Waals surface area contributed by atoms with E-state index in [4.69, 9.17) is 4.74 Å². The number of carbonyl (C=O) groups excluding carboxylic acids is 1. The van der Waals surface area contributed by atoms with Crippen molar-refractivity contribution in [3.63, 3.8) is 0 Å². The van der Waals surface area contributed by atoms with Gasteiger partial charge in [0, 0.05) is 13.7 Å². The van der Waals surface area contributed by atoms with Crippen LogP contribution in [0.2, 0.25) is 0 Å². The van der Waals surface area contributed by atoms with Gasteiger partial charge in [-0.15, -0.1) is 0 Å². The molecule has 136 valence electrons. The molecule has 6 heteroatoms. The van der Waals surface area contributed by atoms with Crippen molar-refractivity contribution in [2.24, 2.45) is 4.99 Å². The lowest BCUT2D eigenvalue weighted by atomic mass is 10.1. The van der Waals surface area contributed by atoms with Crippen LogP contribution < -0.4 is 4.80 Å². The van der Waals surface area contributed by atoms with Crippen LogP contribution in [-0.4, -0.2) is 24.2 Å². The first-order valence-corrected chi connectivity index (χ1v) is 9.21. The number of nitrogens with zero attached hydrogens (tertiary/aromatic N) is 2. The number of fused-ring (bicyclic) bond motifs is 1. The van der Waals surface area contributed by atoms with Gasteiger partial charge in [0.15, 0.2) is 4.80 Å². The second-order valence-electron chi connectivity index (χ2n) is 6.24. The topological polar surface area (TPSA) is 43.6 Å². The third kappa shape index (κ3) is 4.08. The summed E-state index contributed by atoms with van der Waals surface area (Å²) in [6.45, 7) is 5.31. The number of halogens is 1. The summed E-state index contributed by atoms with van der Waals surface area (Å²) in [5, 5.41) is 0. The van der Waals surface area contributed by atoms with E-state index >= 15 is 0 Å². The SMILES string of the molecule is COCCn1c(=NC(=O)Cc2ccc(F)cc2)sc2cc(C)c(C)cc21. The van der Waals surface area contributed by atoms with Gasteiger partial charge in [0.25, 0.3) is 5.91 Å². The quantitative estimate of drug-likeness (QED) is 0.684. The van der Waals surface area contributed by atoms with E-state index in [2.05, 4.69) is 31.0 Å². The third-order valence-corrected chi connectivity index (χ3v) is 5.35. The molecule has 1 amide bonds. The van der Waals surface area contributed by atoms with E-state index < -0.39 is 0 Å². The molecule has 26 heavy (non-hydrogen) atoms. The van der Waals surface area contributed by atoms with Crippen molar-refractivity contribution in [1.82, 2.24) is 4.57 Å². The zero-order valence-electron chi connectivity index (χ0n) is 15.1. The first-order valence-electron chi connectivity index (χ1n) is 8.39. The van der Waals surface area contributed by atoms with Gasteiger partial charge in [0.2, 0.25) is 0 Å². The highest BCUT2D eigenvalue weighted by Gasteiger charge is 2.10. The lowest BCUT2D eigenvalue weighted by Crippen LogP contribution is -2.19. The van der Waals surface area contributed by atoms with Crippen molar-refractivity contribution >= 4 is 27.5 Å². The van der Waals surface area contributed by atoms with Crippen molar-refractivity contribution in [3.8, 4) is 0 Å².